The number of anilines is 3. The van der Waals surface area contributed by atoms with E-state index < -0.39 is 11.7 Å². The summed E-state index contributed by atoms with van der Waals surface area (Å²) in [5.74, 6) is 0.753. The van der Waals surface area contributed by atoms with Crippen molar-refractivity contribution in [1.82, 2.24) is 15.0 Å². The minimum absolute atomic E-state index is 0.375. The maximum atomic E-state index is 12.4. The average Bonchev–Trinajstić information content (AvgIpc) is 3.19. The van der Waals surface area contributed by atoms with E-state index in [0.29, 0.717) is 36.7 Å². The van der Waals surface area contributed by atoms with Gasteiger partial charge in [0, 0.05) is 36.3 Å². The summed E-state index contributed by atoms with van der Waals surface area (Å²) in [7, 11) is 0. The zero-order valence-corrected chi connectivity index (χ0v) is 18.2. The van der Waals surface area contributed by atoms with Gasteiger partial charge in [-0.3, -0.25) is 10.3 Å². The quantitative estimate of drug-likeness (QED) is 0.570. The molecule has 0 bridgehead atoms. The second-order valence-corrected chi connectivity index (χ2v) is 8.60. The van der Waals surface area contributed by atoms with Crippen molar-refractivity contribution >= 4 is 34.2 Å². The number of nitrogens with zero attached hydrogens (tertiary/aromatic N) is 3. The molecule has 1 atom stereocenters. The fraction of sp³-hybridized carbons (Fsp3) is 0.391. The highest BCUT2D eigenvalue weighted by molar-refractivity contribution is 5.96. The van der Waals surface area contributed by atoms with Gasteiger partial charge in [0.1, 0.15) is 17.2 Å². The Balaban J connectivity index is 1.45. The topological polar surface area (TPSA) is 124 Å². The second-order valence-electron chi connectivity index (χ2n) is 8.60. The normalized spacial score (nSPS) is 19.9. The zero-order chi connectivity index (χ0) is 22.3. The predicted molar refractivity (Wildman–Crippen MR) is 123 cm³/mol. The molecule has 5 heterocycles. The molecule has 1 fully saturated rings. The summed E-state index contributed by atoms with van der Waals surface area (Å²) in [6.07, 6.45) is 5.62. The van der Waals surface area contributed by atoms with E-state index in [1.54, 1.807) is 12.3 Å². The minimum Gasteiger partial charge on any atom is -0.440 e. The van der Waals surface area contributed by atoms with Gasteiger partial charge in [-0.2, -0.15) is 0 Å². The van der Waals surface area contributed by atoms with Crippen LogP contribution in [0, 0.1) is 6.92 Å². The van der Waals surface area contributed by atoms with Crippen LogP contribution in [0.4, 0.5) is 22.1 Å². The first-order valence-electron chi connectivity index (χ1n) is 10.8. The third-order valence-corrected chi connectivity index (χ3v) is 6.08. The van der Waals surface area contributed by atoms with Crippen LogP contribution >= 0.6 is 0 Å². The number of carbonyl (C=O) groups excluding carboxylic acids is 1. The molecule has 5 rings (SSSR count). The Hall–Kier alpha value is -3.46. The highest BCUT2D eigenvalue weighted by Crippen LogP contribution is 2.34. The highest BCUT2D eigenvalue weighted by atomic mass is 16.6. The summed E-state index contributed by atoms with van der Waals surface area (Å²) in [5, 5.41) is 7.69. The molecule has 2 aliphatic rings. The van der Waals surface area contributed by atoms with E-state index in [9.17, 15) is 4.79 Å². The average molecular weight is 435 g/mol. The molecule has 166 valence electrons. The van der Waals surface area contributed by atoms with E-state index in [0.717, 1.165) is 53.0 Å². The Morgan fingerprint density at radius 2 is 2.19 bits per heavy atom. The van der Waals surface area contributed by atoms with Gasteiger partial charge in [-0.25, -0.2) is 14.8 Å². The van der Waals surface area contributed by atoms with Crippen molar-refractivity contribution in [2.75, 3.05) is 36.1 Å². The van der Waals surface area contributed by atoms with Crippen LogP contribution in [-0.4, -0.2) is 46.4 Å². The van der Waals surface area contributed by atoms with Crippen molar-refractivity contribution in [1.29, 1.82) is 0 Å². The zero-order valence-electron chi connectivity index (χ0n) is 18.2. The molecular weight excluding hydrogens is 408 g/mol. The Morgan fingerprint density at radius 3 is 3.00 bits per heavy atom. The van der Waals surface area contributed by atoms with Gasteiger partial charge in [0.25, 0.3) is 0 Å². The van der Waals surface area contributed by atoms with Crippen molar-refractivity contribution < 1.29 is 14.3 Å². The number of fused-ring (bicyclic) bond motifs is 2. The first-order chi connectivity index (χ1) is 15.4. The fourth-order valence-electron chi connectivity index (χ4n) is 4.27. The lowest BCUT2D eigenvalue weighted by Crippen LogP contribution is -2.34. The predicted octanol–water partition coefficient (Wildman–Crippen LogP) is 3.67. The van der Waals surface area contributed by atoms with E-state index in [4.69, 9.17) is 15.2 Å². The first kappa shape index (κ1) is 20.4. The van der Waals surface area contributed by atoms with Crippen LogP contribution in [0.3, 0.4) is 0 Å². The molecule has 4 N–H and O–H groups in total. The number of rotatable bonds is 3. The van der Waals surface area contributed by atoms with E-state index in [2.05, 4.69) is 32.5 Å². The van der Waals surface area contributed by atoms with E-state index in [-0.39, 0.29) is 0 Å². The monoisotopic (exact) mass is 434 g/mol. The largest absolute Gasteiger partial charge is 0.440 e. The van der Waals surface area contributed by atoms with E-state index in [1.807, 2.05) is 19.2 Å². The molecule has 1 amide bonds. The summed E-state index contributed by atoms with van der Waals surface area (Å²) in [4.78, 5) is 25.9. The van der Waals surface area contributed by atoms with Gasteiger partial charge >= 0.3 is 6.09 Å². The number of amides is 1. The van der Waals surface area contributed by atoms with Gasteiger partial charge in [0.15, 0.2) is 0 Å². The van der Waals surface area contributed by atoms with Gasteiger partial charge in [-0.05, 0) is 49.8 Å². The Kier molecular flexibility index (Phi) is 5.05. The standard InChI is InChI=1S/C23H26N6O3/c1-13-15(10-26-17-4-3-6-25-20(13)17)18-8-14-9-19(27-11-16(14)21(24)28-18)29-22(30)32-23(2)5-7-31-12-23/h8-11,25H,3-7,12H2,1-2H3,(H2,24,28)(H,27,29,30)/t23-/m1/s1. The molecule has 0 aromatic carbocycles. The van der Waals surface area contributed by atoms with E-state index in [1.165, 1.54) is 0 Å². The summed E-state index contributed by atoms with van der Waals surface area (Å²) >= 11 is 0. The van der Waals surface area contributed by atoms with Crippen LogP contribution in [0.5, 0.6) is 0 Å². The molecule has 1 saturated heterocycles. The molecule has 3 aromatic rings. The number of hydrogen-bond acceptors (Lipinski definition) is 8. The Bertz CT molecular complexity index is 1210. The van der Waals surface area contributed by atoms with Crippen molar-refractivity contribution in [3.63, 3.8) is 0 Å². The summed E-state index contributed by atoms with van der Waals surface area (Å²) in [6, 6.07) is 3.71. The number of ether oxygens (including phenoxy) is 2. The summed E-state index contributed by atoms with van der Waals surface area (Å²) in [5.41, 5.74) is 10.5. The van der Waals surface area contributed by atoms with Gasteiger partial charge in [0.05, 0.1) is 30.3 Å². The lowest BCUT2D eigenvalue weighted by molar-refractivity contribution is 0.0241. The smallest absolute Gasteiger partial charge is 0.413 e. The molecule has 9 heteroatoms. The fourth-order valence-corrected chi connectivity index (χ4v) is 4.27. The van der Waals surface area contributed by atoms with Crippen molar-refractivity contribution in [3.8, 4) is 11.3 Å². The van der Waals surface area contributed by atoms with E-state index >= 15 is 0 Å². The number of carbonyl (C=O) groups is 1. The third-order valence-electron chi connectivity index (χ3n) is 6.08. The Labute approximate surface area is 185 Å². The molecule has 3 aromatic heterocycles. The van der Waals surface area contributed by atoms with Crippen LogP contribution in [0.25, 0.3) is 22.0 Å². The molecule has 0 radical (unpaired) electrons. The number of nitrogen functional groups attached to an aromatic ring is 1. The number of aromatic nitrogens is 3. The molecule has 2 aliphatic heterocycles. The summed E-state index contributed by atoms with van der Waals surface area (Å²) in [6.45, 7) is 5.84. The Morgan fingerprint density at radius 1 is 1.31 bits per heavy atom. The molecule has 9 nitrogen and oxygen atoms in total. The lowest BCUT2D eigenvalue weighted by atomic mass is 9.99. The minimum atomic E-state index is -0.618. The molecular formula is C23H26N6O3. The maximum absolute atomic E-state index is 12.4. The van der Waals surface area contributed by atoms with Crippen LogP contribution < -0.4 is 16.4 Å². The number of aryl methyl sites for hydroxylation is 1. The second kappa shape index (κ2) is 7.90. The lowest BCUT2D eigenvalue weighted by Gasteiger charge is -2.22. The molecule has 32 heavy (non-hydrogen) atoms. The first-order valence-corrected chi connectivity index (χ1v) is 10.8. The molecule has 0 saturated carbocycles. The van der Waals surface area contributed by atoms with Gasteiger partial charge in [-0.15, -0.1) is 0 Å². The van der Waals surface area contributed by atoms with Crippen LogP contribution in [-0.2, 0) is 15.9 Å². The van der Waals surface area contributed by atoms with Crippen LogP contribution in [0.2, 0.25) is 0 Å². The third kappa shape index (κ3) is 3.80. The number of nitrogens with two attached hydrogens (primary N) is 1. The highest BCUT2D eigenvalue weighted by Gasteiger charge is 2.34. The van der Waals surface area contributed by atoms with Crippen LogP contribution in [0.1, 0.15) is 31.0 Å². The van der Waals surface area contributed by atoms with Crippen molar-refractivity contribution in [3.05, 3.63) is 35.8 Å². The summed E-state index contributed by atoms with van der Waals surface area (Å²) < 4.78 is 10.9. The van der Waals surface area contributed by atoms with Crippen LogP contribution in [0.15, 0.2) is 24.5 Å². The van der Waals surface area contributed by atoms with Gasteiger partial charge < -0.3 is 20.5 Å². The molecule has 0 spiro atoms. The molecule has 0 unspecified atom stereocenters. The van der Waals surface area contributed by atoms with Crippen molar-refractivity contribution in [2.24, 2.45) is 0 Å². The molecule has 0 aliphatic carbocycles. The number of nitrogens with one attached hydrogen (secondary N) is 2. The number of hydrogen-bond donors (Lipinski definition) is 3. The SMILES string of the molecule is Cc1c(-c2cc3cc(NC(=O)O[C@]4(C)CCOC4)ncc3c(N)n2)cnc2c1NCCC2. The number of pyridine rings is 3. The maximum Gasteiger partial charge on any atom is 0.413 e. The van der Waals surface area contributed by atoms with Gasteiger partial charge in [-0.1, -0.05) is 0 Å². The van der Waals surface area contributed by atoms with Crippen molar-refractivity contribution in [2.45, 2.75) is 38.7 Å². The van der Waals surface area contributed by atoms with Gasteiger partial charge in [0.2, 0.25) is 0 Å².